The smallest absolute Gasteiger partial charge is 0.0358 e. The summed E-state index contributed by atoms with van der Waals surface area (Å²) in [4.78, 5) is 0. The van der Waals surface area contributed by atoms with E-state index in [1.54, 1.807) is 5.56 Å². The van der Waals surface area contributed by atoms with Crippen LogP contribution in [0.1, 0.15) is 111 Å². The van der Waals surface area contributed by atoms with Crippen molar-refractivity contribution in [3.05, 3.63) is 69.8 Å². The minimum absolute atomic E-state index is 0.366. The molecule has 1 unspecified atom stereocenters. The largest absolute Gasteiger partial charge is 0.313 e. The Bertz CT molecular complexity index is 797. The average Bonchev–Trinajstić information content (AvgIpc) is 2.81. The van der Waals surface area contributed by atoms with E-state index in [-0.39, 0.29) is 0 Å². The Hall–Kier alpha value is -1.60. The van der Waals surface area contributed by atoms with Gasteiger partial charge in [0.05, 0.1) is 0 Å². The quantitative estimate of drug-likeness (QED) is 0.395. The molecule has 0 saturated heterocycles. The average molecular weight is 434 g/mol. The SMILES string of the molecule is CCCC(CCC)C1CCC(c2ccc(C(Cc3cc(C)c(C)c(C)c3)NC)cc2)CC1. The summed E-state index contributed by atoms with van der Waals surface area (Å²) < 4.78 is 0. The van der Waals surface area contributed by atoms with Gasteiger partial charge < -0.3 is 5.32 Å². The number of aryl methyl sites for hydroxylation is 2. The summed E-state index contributed by atoms with van der Waals surface area (Å²) in [5.41, 5.74) is 8.63. The molecule has 2 aromatic carbocycles. The third-order valence-electron chi connectivity index (χ3n) is 8.34. The molecular formula is C31H47N. The zero-order valence-electron chi connectivity index (χ0n) is 21.6. The Balaban J connectivity index is 1.62. The van der Waals surface area contributed by atoms with Gasteiger partial charge in [-0.15, -0.1) is 0 Å². The lowest BCUT2D eigenvalue weighted by Crippen LogP contribution is -2.21. The summed E-state index contributed by atoms with van der Waals surface area (Å²) in [5.74, 6) is 2.71. The number of hydrogen-bond acceptors (Lipinski definition) is 1. The fraction of sp³-hybridized carbons (Fsp3) is 0.613. The van der Waals surface area contributed by atoms with Crippen LogP contribution < -0.4 is 5.32 Å². The van der Waals surface area contributed by atoms with Crippen LogP contribution in [-0.4, -0.2) is 7.05 Å². The minimum Gasteiger partial charge on any atom is -0.313 e. The molecule has 1 heteroatoms. The van der Waals surface area contributed by atoms with Crippen LogP contribution in [-0.2, 0) is 6.42 Å². The van der Waals surface area contributed by atoms with Gasteiger partial charge in [-0.2, -0.15) is 0 Å². The van der Waals surface area contributed by atoms with Gasteiger partial charge in [-0.05, 0) is 111 Å². The van der Waals surface area contributed by atoms with Crippen LogP contribution in [0, 0.1) is 32.6 Å². The van der Waals surface area contributed by atoms with Gasteiger partial charge in [-0.1, -0.05) is 75.9 Å². The summed E-state index contributed by atoms with van der Waals surface area (Å²) in [6.07, 6.45) is 12.2. The molecule has 0 aromatic heterocycles. The lowest BCUT2D eigenvalue weighted by molar-refractivity contribution is 0.209. The third-order valence-corrected chi connectivity index (χ3v) is 8.34. The Kier molecular flexibility index (Phi) is 9.41. The van der Waals surface area contributed by atoms with Crippen molar-refractivity contribution in [2.75, 3.05) is 7.05 Å². The molecule has 1 aliphatic rings. The first-order chi connectivity index (χ1) is 15.5. The standard InChI is InChI=1S/C31H47N/c1-7-9-26(10-8-2)27-11-13-28(14-12-27)29-15-17-30(18-16-29)31(32-6)21-25-19-22(3)24(5)23(4)20-25/h15-20,26-28,31-32H,7-14,21H2,1-6H3. The van der Waals surface area contributed by atoms with Crippen LogP contribution in [0.4, 0.5) is 0 Å². The fourth-order valence-electron chi connectivity index (χ4n) is 6.15. The molecule has 1 saturated carbocycles. The molecule has 2 aromatic rings. The zero-order chi connectivity index (χ0) is 23.1. The summed E-state index contributed by atoms with van der Waals surface area (Å²) >= 11 is 0. The molecule has 1 fully saturated rings. The van der Waals surface area contributed by atoms with Crippen molar-refractivity contribution in [2.24, 2.45) is 11.8 Å². The van der Waals surface area contributed by atoms with E-state index in [1.807, 2.05) is 0 Å². The van der Waals surface area contributed by atoms with Gasteiger partial charge in [0, 0.05) is 6.04 Å². The van der Waals surface area contributed by atoms with Crippen molar-refractivity contribution < 1.29 is 0 Å². The van der Waals surface area contributed by atoms with E-state index in [2.05, 4.69) is 83.4 Å². The maximum atomic E-state index is 3.56. The Morgan fingerprint density at radius 3 is 1.91 bits per heavy atom. The molecule has 1 nitrogen and oxygen atoms in total. The maximum Gasteiger partial charge on any atom is 0.0358 e. The van der Waals surface area contributed by atoms with Crippen LogP contribution in [0.5, 0.6) is 0 Å². The first-order valence-electron chi connectivity index (χ1n) is 13.3. The van der Waals surface area contributed by atoms with Crippen LogP contribution in [0.2, 0.25) is 0 Å². The van der Waals surface area contributed by atoms with Crippen molar-refractivity contribution in [3.8, 4) is 0 Å². The molecule has 1 N–H and O–H groups in total. The van der Waals surface area contributed by atoms with Crippen molar-refractivity contribution in [3.63, 3.8) is 0 Å². The van der Waals surface area contributed by atoms with Gasteiger partial charge in [0.2, 0.25) is 0 Å². The summed E-state index contributed by atoms with van der Waals surface area (Å²) in [7, 11) is 2.09. The number of benzene rings is 2. The Morgan fingerprint density at radius 2 is 1.41 bits per heavy atom. The second kappa shape index (κ2) is 12.0. The van der Waals surface area contributed by atoms with Crippen LogP contribution >= 0.6 is 0 Å². The van der Waals surface area contributed by atoms with Gasteiger partial charge in [0.1, 0.15) is 0 Å². The highest BCUT2D eigenvalue weighted by Gasteiger charge is 2.27. The number of nitrogens with one attached hydrogen (secondary N) is 1. The minimum atomic E-state index is 0.366. The van der Waals surface area contributed by atoms with Gasteiger partial charge in [-0.3, -0.25) is 0 Å². The van der Waals surface area contributed by atoms with E-state index in [0.717, 1.165) is 24.2 Å². The molecule has 0 radical (unpaired) electrons. The zero-order valence-corrected chi connectivity index (χ0v) is 21.6. The van der Waals surface area contributed by atoms with E-state index >= 15 is 0 Å². The van der Waals surface area contributed by atoms with E-state index in [0.29, 0.717) is 6.04 Å². The van der Waals surface area contributed by atoms with Crippen LogP contribution in [0.3, 0.4) is 0 Å². The van der Waals surface area contributed by atoms with Gasteiger partial charge >= 0.3 is 0 Å². The molecule has 0 heterocycles. The molecule has 0 aliphatic heterocycles. The highest BCUT2D eigenvalue weighted by atomic mass is 14.9. The van der Waals surface area contributed by atoms with Gasteiger partial charge in [0.15, 0.2) is 0 Å². The van der Waals surface area contributed by atoms with Gasteiger partial charge in [0.25, 0.3) is 0 Å². The van der Waals surface area contributed by atoms with Crippen LogP contribution in [0.25, 0.3) is 0 Å². The number of likely N-dealkylation sites (N-methyl/N-ethyl adjacent to an activating group) is 1. The van der Waals surface area contributed by atoms with Crippen molar-refractivity contribution in [1.82, 2.24) is 5.32 Å². The monoisotopic (exact) mass is 433 g/mol. The molecule has 32 heavy (non-hydrogen) atoms. The highest BCUT2D eigenvalue weighted by molar-refractivity contribution is 5.38. The van der Waals surface area contributed by atoms with E-state index in [1.165, 1.54) is 79.2 Å². The third kappa shape index (κ3) is 6.25. The lowest BCUT2D eigenvalue weighted by atomic mass is 9.71. The molecule has 176 valence electrons. The lowest BCUT2D eigenvalue weighted by Gasteiger charge is -2.34. The summed E-state index contributed by atoms with van der Waals surface area (Å²) in [5, 5.41) is 3.56. The van der Waals surface area contributed by atoms with Crippen molar-refractivity contribution in [2.45, 2.75) is 104 Å². The molecular weight excluding hydrogens is 386 g/mol. The first-order valence-corrected chi connectivity index (χ1v) is 13.3. The molecule has 0 bridgehead atoms. The number of hydrogen-bond donors (Lipinski definition) is 1. The summed E-state index contributed by atoms with van der Waals surface area (Å²) in [6.45, 7) is 11.4. The topological polar surface area (TPSA) is 12.0 Å². The molecule has 1 atom stereocenters. The number of rotatable bonds is 10. The molecule has 0 amide bonds. The molecule has 0 spiro atoms. The normalized spacial score (nSPS) is 20.0. The highest BCUT2D eigenvalue weighted by Crippen LogP contribution is 2.41. The first kappa shape index (κ1) is 25.0. The van der Waals surface area contributed by atoms with E-state index in [9.17, 15) is 0 Å². The Morgan fingerprint density at radius 1 is 0.844 bits per heavy atom. The molecule has 1 aliphatic carbocycles. The Labute approximate surface area is 198 Å². The van der Waals surface area contributed by atoms with Crippen molar-refractivity contribution in [1.29, 1.82) is 0 Å². The predicted molar refractivity (Wildman–Crippen MR) is 141 cm³/mol. The second-order valence-electron chi connectivity index (χ2n) is 10.5. The maximum absolute atomic E-state index is 3.56. The van der Waals surface area contributed by atoms with Gasteiger partial charge in [-0.25, -0.2) is 0 Å². The molecule has 3 rings (SSSR count). The fourth-order valence-corrected chi connectivity index (χ4v) is 6.15. The van der Waals surface area contributed by atoms with E-state index < -0.39 is 0 Å². The summed E-state index contributed by atoms with van der Waals surface area (Å²) in [6, 6.07) is 14.7. The predicted octanol–water partition coefficient (Wildman–Crippen LogP) is 8.61. The second-order valence-corrected chi connectivity index (χ2v) is 10.5. The van der Waals surface area contributed by atoms with Crippen molar-refractivity contribution >= 4 is 0 Å². The van der Waals surface area contributed by atoms with E-state index in [4.69, 9.17) is 0 Å². The van der Waals surface area contributed by atoms with Crippen LogP contribution in [0.15, 0.2) is 36.4 Å².